The molecule has 24 heavy (non-hydrogen) atoms. The molecular formula is C19H21Cl2NO2. The van der Waals surface area contributed by atoms with Crippen LogP contribution in [0.5, 0.6) is 5.75 Å². The zero-order chi connectivity index (χ0) is 17.9. The lowest BCUT2D eigenvalue weighted by atomic mass is 10.1. The minimum atomic E-state index is -0.581. The van der Waals surface area contributed by atoms with Gasteiger partial charge in [0, 0.05) is 23.6 Å². The third kappa shape index (κ3) is 4.65. The number of carbonyl (C=O) groups excluding carboxylic acids is 1. The molecule has 1 atom stereocenters. The first-order valence-electron chi connectivity index (χ1n) is 7.70. The summed E-state index contributed by atoms with van der Waals surface area (Å²) >= 11 is 12.0. The van der Waals surface area contributed by atoms with Crippen molar-refractivity contribution in [1.29, 1.82) is 0 Å². The van der Waals surface area contributed by atoms with E-state index in [1.54, 1.807) is 18.9 Å². The second kappa shape index (κ2) is 7.91. The van der Waals surface area contributed by atoms with Crippen LogP contribution in [-0.4, -0.2) is 24.0 Å². The maximum Gasteiger partial charge on any atom is 0.263 e. The molecule has 0 aliphatic carbocycles. The van der Waals surface area contributed by atoms with E-state index in [-0.39, 0.29) is 5.91 Å². The standard InChI is InChI=1S/C19H21Cl2NO2/c1-12-9-17(10-13(2)18(12)21)24-14(3)19(23)22(4)11-15-5-7-16(20)8-6-15/h5-10,14H,11H2,1-4H3/t14-/m0/s1. The fourth-order valence-corrected chi connectivity index (χ4v) is 2.72. The smallest absolute Gasteiger partial charge is 0.263 e. The molecule has 0 fully saturated rings. The number of hydrogen-bond acceptors (Lipinski definition) is 2. The van der Waals surface area contributed by atoms with E-state index >= 15 is 0 Å². The molecule has 0 aliphatic rings. The van der Waals surface area contributed by atoms with Crippen molar-refractivity contribution in [3.8, 4) is 5.75 Å². The normalized spacial score (nSPS) is 11.9. The number of rotatable bonds is 5. The van der Waals surface area contributed by atoms with Crippen LogP contribution in [0, 0.1) is 13.8 Å². The Bertz CT molecular complexity index is 706. The molecule has 0 heterocycles. The molecular weight excluding hydrogens is 345 g/mol. The van der Waals surface area contributed by atoms with Crippen LogP contribution in [0.2, 0.25) is 10.0 Å². The number of amides is 1. The van der Waals surface area contributed by atoms with Gasteiger partial charge in [-0.3, -0.25) is 4.79 Å². The molecule has 128 valence electrons. The SMILES string of the molecule is Cc1cc(O[C@@H](C)C(=O)N(C)Cc2ccc(Cl)cc2)cc(C)c1Cl. The third-order valence-corrected chi connectivity index (χ3v) is 4.63. The van der Waals surface area contributed by atoms with Crippen LogP contribution in [0.4, 0.5) is 0 Å². The summed E-state index contributed by atoms with van der Waals surface area (Å²) < 4.78 is 5.80. The number of carbonyl (C=O) groups is 1. The molecule has 0 saturated carbocycles. The Morgan fingerprint density at radius 3 is 2.21 bits per heavy atom. The lowest BCUT2D eigenvalue weighted by molar-refractivity contribution is -0.137. The summed E-state index contributed by atoms with van der Waals surface area (Å²) in [7, 11) is 1.76. The molecule has 5 heteroatoms. The molecule has 0 aromatic heterocycles. The van der Waals surface area contributed by atoms with Gasteiger partial charge in [0.2, 0.25) is 0 Å². The lowest BCUT2D eigenvalue weighted by Gasteiger charge is -2.22. The third-order valence-electron chi connectivity index (χ3n) is 3.78. The van der Waals surface area contributed by atoms with E-state index in [9.17, 15) is 4.79 Å². The highest BCUT2D eigenvalue weighted by Crippen LogP contribution is 2.26. The Labute approximate surface area is 153 Å². The van der Waals surface area contributed by atoms with E-state index in [0.29, 0.717) is 17.3 Å². The zero-order valence-electron chi connectivity index (χ0n) is 14.3. The Kier molecular flexibility index (Phi) is 6.14. The number of ether oxygens (including phenoxy) is 1. The van der Waals surface area contributed by atoms with Crippen molar-refractivity contribution in [2.24, 2.45) is 0 Å². The first-order chi connectivity index (χ1) is 11.3. The van der Waals surface area contributed by atoms with Crippen LogP contribution >= 0.6 is 23.2 Å². The van der Waals surface area contributed by atoms with Crippen molar-refractivity contribution in [2.75, 3.05) is 7.05 Å². The van der Waals surface area contributed by atoms with E-state index in [1.807, 2.05) is 50.2 Å². The fraction of sp³-hybridized carbons (Fsp3) is 0.316. The van der Waals surface area contributed by atoms with Gasteiger partial charge in [-0.15, -0.1) is 0 Å². The predicted molar refractivity (Wildman–Crippen MR) is 98.9 cm³/mol. The molecule has 0 saturated heterocycles. The van der Waals surface area contributed by atoms with Gasteiger partial charge >= 0.3 is 0 Å². The summed E-state index contributed by atoms with van der Waals surface area (Å²) in [6.07, 6.45) is -0.581. The van der Waals surface area contributed by atoms with Gasteiger partial charge in [-0.25, -0.2) is 0 Å². The first-order valence-corrected chi connectivity index (χ1v) is 8.46. The number of aryl methyl sites for hydroxylation is 2. The lowest BCUT2D eigenvalue weighted by Crippen LogP contribution is -2.37. The molecule has 0 bridgehead atoms. The van der Waals surface area contributed by atoms with Crippen LogP contribution in [-0.2, 0) is 11.3 Å². The van der Waals surface area contributed by atoms with Crippen LogP contribution in [0.15, 0.2) is 36.4 Å². The van der Waals surface area contributed by atoms with Gasteiger partial charge in [-0.2, -0.15) is 0 Å². The molecule has 0 N–H and O–H groups in total. The molecule has 0 spiro atoms. The molecule has 2 aromatic rings. The maximum absolute atomic E-state index is 12.5. The molecule has 0 aliphatic heterocycles. The predicted octanol–water partition coefficient (Wildman–Crippen LogP) is 5.04. The van der Waals surface area contributed by atoms with E-state index in [0.717, 1.165) is 21.7 Å². The van der Waals surface area contributed by atoms with Crippen LogP contribution in [0.3, 0.4) is 0 Å². The van der Waals surface area contributed by atoms with Crippen molar-refractivity contribution in [2.45, 2.75) is 33.4 Å². The number of likely N-dealkylation sites (N-methyl/N-ethyl adjacent to an activating group) is 1. The summed E-state index contributed by atoms with van der Waals surface area (Å²) in [5.74, 6) is 0.561. The Morgan fingerprint density at radius 1 is 1.12 bits per heavy atom. The van der Waals surface area contributed by atoms with Gasteiger partial charge in [-0.05, 0) is 61.7 Å². The molecule has 3 nitrogen and oxygen atoms in total. The van der Waals surface area contributed by atoms with E-state index in [2.05, 4.69) is 0 Å². The number of benzene rings is 2. The van der Waals surface area contributed by atoms with Gasteiger partial charge < -0.3 is 9.64 Å². The Hall–Kier alpha value is -1.71. The van der Waals surface area contributed by atoms with Crippen molar-refractivity contribution < 1.29 is 9.53 Å². The zero-order valence-corrected chi connectivity index (χ0v) is 15.8. The Morgan fingerprint density at radius 2 is 1.67 bits per heavy atom. The highest BCUT2D eigenvalue weighted by Gasteiger charge is 2.20. The fourth-order valence-electron chi connectivity index (χ4n) is 2.48. The molecule has 0 radical (unpaired) electrons. The van der Waals surface area contributed by atoms with Crippen molar-refractivity contribution in [1.82, 2.24) is 4.90 Å². The minimum Gasteiger partial charge on any atom is -0.481 e. The highest BCUT2D eigenvalue weighted by molar-refractivity contribution is 6.32. The maximum atomic E-state index is 12.5. The molecule has 2 rings (SSSR count). The van der Waals surface area contributed by atoms with E-state index in [1.165, 1.54) is 0 Å². The quantitative estimate of drug-likeness (QED) is 0.742. The minimum absolute atomic E-state index is 0.0878. The van der Waals surface area contributed by atoms with Crippen LogP contribution in [0.25, 0.3) is 0 Å². The monoisotopic (exact) mass is 365 g/mol. The highest BCUT2D eigenvalue weighted by atomic mass is 35.5. The number of hydrogen-bond donors (Lipinski definition) is 0. The van der Waals surface area contributed by atoms with Crippen LogP contribution < -0.4 is 4.74 Å². The number of halogens is 2. The average molecular weight is 366 g/mol. The van der Waals surface area contributed by atoms with Gasteiger partial charge in [-0.1, -0.05) is 35.3 Å². The topological polar surface area (TPSA) is 29.5 Å². The second-order valence-corrected chi connectivity index (χ2v) is 6.77. The summed E-state index contributed by atoms with van der Waals surface area (Å²) in [5, 5.41) is 1.40. The summed E-state index contributed by atoms with van der Waals surface area (Å²) in [6.45, 7) is 6.09. The summed E-state index contributed by atoms with van der Waals surface area (Å²) in [6, 6.07) is 11.1. The van der Waals surface area contributed by atoms with Gasteiger partial charge in [0.25, 0.3) is 5.91 Å². The molecule has 1 amide bonds. The van der Waals surface area contributed by atoms with Gasteiger partial charge in [0.15, 0.2) is 6.10 Å². The second-order valence-electron chi connectivity index (χ2n) is 5.95. The van der Waals surface area contributed by atoms with Gasteiger partial charge in [0.1, 0.15) is 5.75 Å². The Balaban J connectivity index is 2.02. The average Bonchev–Trinajstić information content (AvgIpc) is 2.53. The van der Waals surface area contributed by atoms with Gasteiger partial charge in [0.05, 0.1) is 0 Å². The summed E-state index contributed by atoms with van der Waals surface area (Å²) in [5.41, 5.74) is 2.88. The van der Waals surface area contributed by atoms with E-state index in [4.69, 9.17) is 27.9 Å². The van der Waals surface area contributed by atoms with Crippen molar-refractivity contribution in [3.63, 3.8) is 0 Å². The molecule has 2 aromatic carbocycles. The van der Waals surface area contributed by atoms with Crippen molar-refractivity contribution >= 4 is 29.1 Å². The van der Waals surface area contributed by atoms with Crippen LogP contribution in [0.1, 0.15) is 23.6 Å². The largest absolute Gasteiger partial charge is 0.481 e. The molecule has 0 unspecified atom stereocenters. The number of nitrogens with zero attached hydrogens (tertiary/aromatic N) is 1. The van der Waals surface area contributed by atoms with Crippen molar-refractivity contribution in [3.05, 3.63) is 63.1 Å². The summed E-state index contributed by atoms with van der Waals surface area (Å²) in [4.78, 5) is 14.1. The first kappa shape index (κ1) is 18.6. The van der Waals surface area contributed by atoms with E-state index < -0.39 is 6.10 Å².